The fourth-order valence-corrected chi connectivity index (χ4v) is 2.37. The summed E-state index contributed by atoms with van der Waals surface area (Å²) in [5.41, 5.74) is 1.11. The van der Waals surface area contributed by atoms with Crippen molar-refractivity contribution in [3.63, 3.8) is 0 Å². The largest absolute Gasteiger partial charge is 0.391 e. The average Bonchev–Trinajstić information content (AvgIpc) is 2.36. The van der Waals surface area contributed by atoms with Gasteiger partial charge in [0.25, 0.3) is 0 Å². The summed E-state index contributed by atoms with van der Waals surface area (Å²) in [5.74, 6) is 0.430. The maximum Gasteiger partial charge on any atom is 0.0785 e. The number of hydrogen-bond donors (Lipinski definition) is 2. The third-order valence-electron chi connectivity index (χ3n) is 3.11. The second-order valence-electron chi connectivity index (χ2n) is 5.10. The third kappa shape index (κ3) is 5.49. The molecule has 0 spiro atoms. The van der Waals surface area contributed by atoms with Crippen molar-refractivity contribution in [3.05, 3.63) is 34.9 Å². The van der Waals surface area contributed by atoms with Gasteiger partial charge in [0.2, 0.25) is 0 Å². The van der Waals surface area contributed by atoms with Gasteiger partial charge in [0.15, 0.2) is 0 Å². The Morgan fingerprint density at radius 3 is 2.58 bits per heavy atom. The fourth-order valence-electron chi connectivity index (χ4n) is 2.11. The number of halogens is 1. The molecule has 1 rings (SSSR count). The lowest BCUT2D eigenvalue weighted by molar-refractivity contribution is 0.0586. The van der Waals surface area contributed by atoms with Crippen molar-refractivity contribution in [3.8, 4) is 0 Å². The maximum atomic E-state index is 9.63. The number of aliphatic hydroxyl groups excluding tert-OH is 1. The lowest BCUT2D eigenvalue weighted by Gasteiger charge is -2.24. The molecule has 0 saturated carbocycles. The first-order valence-electron chi connectivity index (χ1n) is 6.71. The number of ether oxygens (including phenoxy) is 1. The summed E-state index contributed by atoms with van der Waals surface area (Å²) in [5, 5.41) is 13.9. The van der Waals surface area contributed by atoms with Crippen molar-refractivity contribution in [2.45, 2.75) is 32.4 Å². The second-order valence-corrected chi connectivity index (χ2v) is 5.50. The van der Waals surface area contributed by atoms with E-state index in [0.29, 0.717) is 18.9 Å². The summed E-state index contributed by atoms with van der Waals surface area (Å²) in [6.45, 7) is 5.43. The molecule has 1 aromatic rings. The number of benzene rings is 1. The zero-order chi connectivity index (χ0) is 14.3. The van der Waals surface area contributed by atoms with E-state index >= 15 is 0 Å². The summed E-state index contributed by atoms with van der Waals surface area (Å²) in [6, 6.07) is 8.09. The molecule has 2 N–H and O–H groups in total. The summed E-state index contributed by atoms with van der Waals surface area (Å²) in [4.78, 5) is 0. The van der Waals surface area contributed by atoms with Gasteiger partial charge in [-0.25, -0.2) is 0 Å². The Hall–Kier alpha value is -0.610. The molecule has 1 aromatic carbocycles. The van der Waals surface area contributed by atoms with Crippen LogP contribution in [0, 0.1) is 5.92 Å². The highest BCUT2D eigenvalue weighted by Gasteiger charge is 2.17. The van der Waals surface area contributed by atoms with Crippen LogP contribution >= 0.6 is 11.6 Å². The van der Waals surface area contributed by atoms with Gasteiger partial charge in [-0.2, -0.15) is 0 Å². The summed E-state index contributed by atoms with van der Waals surface area (Å²) in [6.07, 6.45) is 0.248. The van der Waals surface area contributed by atoms with Crippen LogP contribution in [0.2, 0.25) is 5.02 Å². The molecule has 4 heteroatoms. The number of aliphatic hydroxyl groups is 1. The Labute approximate surface area is 120 Å². The monoisotopic (exact) mass is 285 g/mol. The molecule has 0 bridgehead atoms. The molecule has 0 amide bonds. The zero-order valence-corrected chi connectivity index (χ0v) is 12.7. The maximum absolute atomic E-state index is 9.63. The van der Waals surface area contributed by atoms with Gasteiger partial charge in [-0.3, -0.25) is 0 Å². The first-order valence-corrected chi connectivity index (χ1v) is 7.08. The molecule has 3 nitrogen and oxygen atoms in total. The Morgan fingerprint density at radius 1 is 1.32 bits per heavy atom. The van der Waals surface area contributed by atoms with Gasteiger partial charge in [0, 0.05) is 18.2 Å². The number of nitrogens with one attached hydrogen (secondary N) is 1. The number of rotatable bonds is 8. The van der Waals surface area contributed by atoms with E-state index in [1.54, 1.807) is 7.11 Å². The minimum Gasteiger partial charge on any atom is -0.391 e. The van der Waals surface area contributed by atoms with E-state index < -0.39 is 6.10 Å². The standard InChI is InChI=1S/C15H24ClNO2/c1-11(2)15(13-6-4-5-7-14(13)16)17-9-8-12(18)10-19-3/h4-7,11-12,15,17-18H,8-10H2,1-3H3. The van der Waals surface area contributed by atoms with E-state index in [9.17, 15) is 5.11 Å². The van der Waals surface area contributed by atoms with Crippen LogP contribution in [0.1, 0.15) is 31.9 Å². The van der Waals surface area contributed by atoms with E-state index in [1.807, 2.05) is 24.3 Å². The highest BCUT2D eigenvalue weighted by Crippen LogP contribution is 2.27. The summed E-state index contributed by atoms with van der Waals surface area (Å²) in [7, 11) is 1.59. The van der Waals surface area contributed by atoms with Crippen molar-refractivity contribution in [2.24, 2.45) is 5.92 Å². The van der Waals surface area contributed by atoms with Crippen molar-refractivity contribution >= 4 is 11.6 Å². The molecule has 19 heavy (non-hydrogen) atoms. The smallest absolute Gasteiger partial charge is 0.0785 e. The van der Waals surface area contributed by atoms with Gasteiger partial charge in [0.1, 0.15) is 0 Å². The Morgan fingerprint density at radius 2 is 2.00 bits per heavy atom. The normalized spacial score (nSPS) is 14.6. The van der Waals surface area contributed by atoms with Crippen LogP contribution in [-0.4, -0.2) is 31.5 Å². The minimum atomic E-state index is -0.420. The molecule has 0 radical (unpaired) electrons. The second kappa shape index (κ2) is 8.54. The van der Waals surface area contributed by atoms with Gasteiger partial charge < -0.3 is 15.2 Å². The lowest BCUT2D eigenvalue weighted by atomic mass is 9.96. The molecule has 108 valence electrons. The van der Waals surface area contributed by atoms with E-state index in [-0.39, 0.29) is 6.04 Å². The molecule has 0 heterocycles. The van der Waals surface area contributed by atoms with Crippen LogP contribution in [0.5, 0.6) is 0 Å². The average molecular weight is 286 g/mol. The lowest BCUT2D eigenvalue weighted by Crippen LogP contribution is -2.30. The number of methoxy groups -OCH3 is 1. The highest BCUT2D eigenvalue weighted by atomic mass is 35.5. The van der Waals surface area contributed by atoms with E-state index in [1.165, 1.54) is 0 Å². The summed E-state index contributed by atoms with van der Waals surface area (Å²) < 4.78 is 4.91. The van der Waals surface area contributed by atoms with Gasteiger partial charge in [-0.1, -0.05) is 43.6 Å². The van der Waals surface area contributed by atoms with Gasteiger partial charge in [0.05, 0.1) is 12.7 Å². The predicted octanol–water partition coefficient (Wildman–Crippen LogP) is 3.02. The van der Waals surface area contributed by atoms with Crippen molar-refractivity contribution in [2.75, 3.05) is 20.3 Å². The SMILES string of the molecule is COCC(O)CCNC(c1ccccc1Cl)C(C)C. The molecule has 0 aliphatic carbocycles. The first kappa shape index (κ1) is 16.4. The van der Waals surface area contributed by atoms with E-state index in [4.69, 9.17) is 16.3 Å². The van der Waals surface area contributed by atoms with Gasteiger partial charge in [-0.15, -0.1) is 0 Å². The van der Waals surface area contributed by atoms with Crippen LogP contribution in [0.15, 0.2) is 24.3 Å². The Bertz CT molecular complexity index is 371. The van der Waals surface area contributed by atoms with Crippen LogP contribution in [0.3, 0.4) is 0 Å². The van der Waals surface area contributed by atoms with Crippen LogP contribution < -0.4 is 5.32 Å². The van der Waals surface area contributed by atoms with Gasteiger partial charge in [-0.05, 0) is 30.5 Å². The Balaban J connectivity index is 2.57. The molecule has 0 aliphatic rings. The molecule has 2 atom stereocenters. The molecule has 0 saturated heterocycles. The van der Waals surface area contributed by atoms with Crippen molar-refractivity contribution in [1.29, 1.82) is 0 Å². The van der Waals surface area contributed by atoms with Crippen LogP contribution in [-0.2, 0) is 4.74 Å². The first-order chi connectivity index (χ1) is 9.06. The van der Waals surface area contributed by atoms with E-state index in [0.717, 1.165) is 17.1 Å². The number of hydrogen-bond acceptors (Lipinski definition) is 3. The minimum absolute atomic E-state index is 0.198. The fraction of sp³-hybridized carbons (Fsp3) is 0.600. The van der Waals surface area contributed by atoms with Crippen LogP contribution in [0.4, 0.5) is 0 Å². The molecule has 2 unspecified atom stereocenters. The highest BCUT2D eigenvalue weighted by molar-refractivity contribution is 6.31. The molecule has 0 aromatic heterocycles. The summed E-state index contributed by atoms with van der Waals surface area (Å²) >= 11 is 6.24. The van der Waals surface area contributed by atoms with Crippen molar-refractivity contribution in [1.82, 2.24) is 5.32 Å². The molecule has 0 aliphatic heterocycles. The third-order valence-corrected chi connectivity index (χ3v) is 3.45. The predicted molar refractivity (Wildman–Crippen MR) is 79.5 cm³/mol. The topological polar surface area (TPSA) is 41.5 Å². The molecular weight excluding hydrogens is 262 g/mol. The Kier molecular flexibility index (Phi) is 7.39. The van der Waals surface area contributed by atoms with Crippen LogP contribution in [0.25, 0.3) is 0 Å². The quantitative estimate of drug-likeness (QED) is 0.771. The zero-order valence-electron chi connectivity index (χ0n) is 11.9. The van der Waals surface area contributed by atoms with Gasteiger partial charge >= 0.3 is 0 Å². The van der Waals surface area contributed by atoms with E-state index in [2.05, 4.69) is 19.2 Å². The van der Waals surface area contributed by atoms with Crippen molar-refractivity contribution < 1.29 is 9.84 Å². The molecular formula is C15H24ClNO2. The molecule has 0 fully saturated rings.